The quantitative estimate of drug-likeness (QED) is 0.756. The van der Waals surface area contributed by atoms with Crippen molar-refractivity contribution in [2.45, 2.75) is 52.1 Å². The summed E-state index contributed by atoms with van der Waals surface area (Å²) in [5.74, 6) is 1.58. The van der Waals surface area contributed by atoms with Crippen molar-refractivity contribution in [1.82, 2.24) is 20.1 Å². The summed E-state index contributed by atoms with van der Waals surface area (Å²) in [5, 5.41) is 10.3. The first-order valence-electron chi connectivity index (χ1n) is 9.00. The molecule has 1 atom stereocenters. The van der Waals surface area contributed by atoms with Crippen molar-refractivity contribution in [2.24, 2.45) is 5.41 Å². The summed E-state index contributed by atoms with van der Waals surface area (Å²) in [6.45, 7) is 4.94. The number of methoxy groups -OCH3 is 1. The van der Waals surface area contributed by atoms with Crippen LogP contribution < -0.4 is 10.1 Å². The van der Waals surface area contributed by atoms with Gasteiger partial charge < -0.3 is 10.1 Å². The van der Waals surface area contributed by atoms with Crippen molar-refractivity contribution < 1.29 is 9.53 Å². The summed E-state index contributed by atoms with van der Waals surface area (Å²) in [4.78, 5) is 12.4. The molecule has 7 heteroatoms. The van der Waals surface area contributed by atoms with E-state index in [-0.39, 0.29) is 17.4 Å². The molecule has 1 saturated carbocycles. The zero-order chi connectivity index (χ0) is 18.7. The minimum absolute atomic E-state index is 0.0637. The van der Waals surface area contributed by atoms with Crippen LogP contribution in [0, 0.1) is 10.2 Å². The fraction of sp³-hybridized carbons (Fsp3) is 0.526. The molecule has 1 unspecified atom stereocenters. The number of aromatic amines is 1. The molecule has 2 aromatic rings. The number of H-pyrrole nitrogens is 1. The van der Waals surface area contributed by atoms with E-state index in [4.69, 9.17) is 17.0 Å². The second-order valence-electron chi connectivity index (χ2n) is 7.48. The van der Waals surface area contributed by atoms with Gasteiger partial charge in [0.25, 0.3) is 0 Å². The van der Waals surface area contributed by atoms with E-state index in [1.807, 2.05) is 28.8 Å². The minimum Gasteiger partial charge on any atom is -0.497 e. The molecule has 3 rings (SSSR count). The van der Waals surface area contributed by atoms with Gasteiger partial charge in [0, 0.05) is 24.6 Å². The Morgan fingerprint density at radius 1 is 1.42 bits per heavy atom. The van der Waals surface area contributed by atoms with Crippen molar-refractivity contribution in [3.05, 3.63) is 29.0 Å². The fourth-order valence-corrected chi connectivity index (χ4v) is 3.78. The van der Waals surface area contributed by atoms with E-state index < -0.39 is 0 Å². The van der Waals surface area contributed by atoms with Crippen LogP contribution in [0.5, 0.6) is 5.75 Å². The van der Waals surface area contributed by atoms with E-state index in [9.17, 15) is 4.79 Å². The molecule has 1 aliphatic carbocycles. The number of carbonyl (C=O) groups is 1. The third kappa shape index (κ3) is 3.98. The van der Waals surface area contributed by atoms with E-state index >= 15 is 0 Å². The molecule has 0 radical (unpaired) electrons. The first kappa shape index (κ1) is 18.6. The van der Waals surface area contributed by atoms with Gasteiger partial charge in [-0.15, -0.1) is 0 Å². The molecule has 6 nitrogen and oxygen atoms in total. The molecule has 1 heterocycles. The molecule has 140 valence electrons. The number of carbonyl (C=O) groups excluding carboxylic acids is 1. The lowest BCUT2D eigenvalue weighted by molar-refractivity contribution is -0.122. The van der Waals surface area contributed by atoms with Gasteiger partial charge in [-0.05, 0) is 54.7 Å². The number of hydrogen-bond acceptors (Lipinski definition) is 4. The Kier molecular flexibility index (Phi) is 5.46. The number of rotatable bonds is 6. The van der Waals surface area contributed by atoms with E-state index in [1.165, 1.54) is 6.42 Å². The van der Waals surface area contributed by atoms with E-state index in [1.54, 1.807) is 7.11 Å². The largest absolute Gasteiger partial charge is 0.497 e. The van der Waals surface area contributed by atoms with Gasteiger partial charge in [-0.3, -0.25) is 14.5 Å². The predicted octanol–water partition coefficient (Wildman–Crippen LogP) is 3.70. The number of benzene rings is 1. The van der Waals surface area contributed by atoms with Crippen molar-refractivity contribution >= 4 is 18.1 Å². The highest BCUT2D eigenvalue weighted by molar-refractivity contribution is 7.71. The lowest BCUT2D eigenvalue weighted by atomic mass is 9.87. The second-order valence-corrected chi connectivity index (χ2v) is 7.87. The lowest BCUT2D eigenvalue weighted by Gasteiger charge is -2.27. The van der Waals surface area contributed by atoms with Crippen LogP contribution in [-0.4, -0.2) is 33.8 Å². The Bertz CT molecular complexity index is 823. The molecule has 1 aromatic carbocycles. The Morgan fingerprint density at radius 2 is 2.15 bits per heavy atom. The first-order valence-corrected chi connectivity index (χ1v) is 9.40. The van der Waals surface area contributed by atoms with Crippen LogP contribution >= 0.6 is 12.2 Å². The Hall–Kier alpha value is -2.15. The normalized spacial score (nSPS) is 18.7. The predicted molar refractivity (Wildman–Crippen MR) is 104 cm³/mol. The molecule has 0 bridgehead atoms. The highest BCUT2D eigenvalue weighted by Crippen LogP contribution is 2.37. The number of amides is 1. The maximum absolute atomic E-state index is 12.4. The third-order valence-electron chi connectivity index (χ3n) is 5.26. The molecule has 0 spiro atoms. The zero-order valence-electron chi connectivity index (χ0n) is 15.5. The van der Waals surface area contributed by atoms with Crippen molar-refractivity contribution in [3.8, 4) is 17.1 Å². The highest BCUT2D eigenvalue weighted by atomic mass is 32.1. The minimum atomic E-state index is 0.0637. The maximum Gasteiger partial charge on any atom is 0.222 e. The maximum atomic E-state index is 12.4. The van der Waals surface area contributed by atoms with E-state index in [2.05, 4.69) is 29.4 Å². The van der Waals surface area contributed by atoms with Gasteiger partial charge in [-0.1, -0.05) is 20.3 Å². The van der Waals surface area contributed by atoms with E-state index in [0.717, 1.165) is 30.0 Å². The monoisotopic (exact) mass is 374 g/mol. The van der Waals surface area contributed by atoms with Crippen LogP contribution in [0.1, 0.15) is 39.5 Å². The molecule has 0 aliphatic heterocycles. The highest BCUT2D eigenvalue weighted by Gasteiger charge is 2.35. The number of aromatic nitrogens is 3. The number of nitrogens with zero attached hydrogens (tertiary/aromatic N) is 2. The van der Waals surface area contributed by atoms with Crippen molar-refractivity contribution in [1.29, 1.82) is 0 Å². The SMILES string of the molecule is COc1ccc(-c2n[nH]c(=S)n2CCC(=O)NC2CCCC2(C)C)cc1. The van der Waals surface area contributed by atoms with Crippen molar-refractivity contribution in [2.75, 3.05) is 7.11 Å². The van der Waals surface area contributed by atoms with Crippen LogP contribution in [0.3, 0.4) is 0 Å². The van der Waals surface area contributed by atoms with Crippen LogP contribution in [0.2, 0.25) is 0 Å². The first-order chi connectivity index (χ1) is 12.4. The molecule has 0 saturated heterocycles. The molecule has 1 amide bonds. The van der Waals surface area contributed by atoms with Crippen LogP contribution in [0.15, 0.2) is 24.3 Å². The Morgan fingerprint density at radius 3 is 2.77 bits per heavy atom. The summed E-state index contributed by atoms with van der Waals surface area (Å²) >= 11 is 5.34. The average molecular weight is 375 g/mol. The van der Waals surface area contributed by atoms with Crippen molar-refractivity contribution in [3.63, 3.8) is 0 Å². The van der Waals surface area contributed by atoms with Gasteiger partial charge in [-0.25, -0.2) is 0 Å². The lowest BCUT2D eigenvalue weighted by Crippen LogP contribution is -2.41. The number of nitrogens with one attached hydrogen (secondary N) is 2. The summed E-state index contributed by atoms with van der Waals surface area (Å²) in [6.07, 6.45) is 3.77. The fourth-order valence-electron chi connectivity index (χ4n) is 3.56. The molecular formula is C19H26N4O2S. The molecule has 1 fully saturated rings. The van der Waals surface area contributed by atoms with Gasteiger partial charge in [-0.2, -0.15) is 5.10 Å². The van der Waals surface area contributed by atoms with Crippen LogP contribution in [0.4, 0.5) is 0 Å². The molecular weight excluding hydrogens is 348 g/mol. The van der Waals surface area contributed by atoms with Gasteiger partial charge in [0.05, 0.1) is 7.11 Å². The molecule has 1 aromatic heterocycles. The van der Waals surface area contributed by atoms with E-state index in [0.29, 0.717) is 17.7 Å². The van der Waals surface area contributed by atoms with Gasteiger partial charge in [0.2, 0.25) is 5.91 Å². The topological polar surface area (TPSA) is 71.9 Å². The van der Waals surface area contributed by atoms with Gasteiger partial charge in [0.1, 0.15) is 5.75 Å². The average Bonchev–Trinajstić information content (AvgIpc) is 3.15. The van der Waals surface area contributed by atoms with Crippen LogP contribution in [-0.2, 0) is 11.3 Å². The van der Waals surface area contributed by atoms with Gasteiger partial charge >= 0.3 is 0 Å². The Balaban J connectivity index is 1.67. The number of ether oxygens (including phenoxy) is 1. The molecule has 26 heavy (non-hydrogen) atoms. The van der Waals surface area contributed by atoms with Crippen LogP contribution in [0.25, 0.3) is 11.4 Å². The standard InChI is InChI=1S/C19H26N4O2S/c1-19(2)11-4-5-15(19)20-16(24)10-12-23-17(21-22-18(23)26)13-6-8-14(25-3)9-7-13/h6-9,15H,4-5,10-12H2,1-3H3,(H,20,24)(H,22,26). The van der Waals surface area contributed by atoms with Gasteiger partial charge in [0.15, 0.2) is 10.6 Å². The zero-order valence-corrected chi connectivity index (χ0v) is 16.4. The summed E-state index contributed by atoms with van der Waals surface area (Å²) in [7, 11) is 1.63. The third-order valence-corrected chi connectivity index (χ3v) is 5.57. The summed E-state index contributed by atoms with van der Waals surface area (Å²) in [6, 6.07) is 7.88. The summed E-state index contributed by atoms with van der Waals surface area (Å²) in [5.41, 5.74) is 1.10. The molecule has 2 N–H and O–H groups in total. The second kappa shape index (κ2) is 7.61. The Labute approximate surface area is 159 Å². The molecule has 1 aliphatic rings. The summed E-state index contributed by atoms with van der Waals surface area (Å²) < 4.78 is 7.58. The number of hydrogen-bond donors (Lipinski definition) is 2. The smallest absolute Gasteiger partial charge is 0.222 e.